The molecular formula is C28H21N3. The summed E-state index contributed by atoms with van der Waals surface area (Å²) in [6.45, 7) is 0.735. The van der Waals surface area contributed by atoms with E-state index in [2.05, 4.69) is 101 Å². The van der Waals surface area contributed by atoms with E-state index in [9.17, 15) is 0 Å². The molecule has 0 bridgehead atoms. The maximum atomic E-state index is 5.10. The van der Waals surface area contributed by atoms with Crippen LogP contribution in [0.4, 0.5) is 5.82 Å². The van der Waals surface area contributed by atoms with E-state index in [1.165, 1.54) is 32.7 Å². The van der Waals surface area contributed by atoms with Crippen LogP contribution in [0.2, 0.25) is 0 Å². The third-order valence-corrected chi connectivity index (χ3v) is 5.84. The molecule has 0 radical (unpaired) electrons. The Hall–Kier alpha value is -4.11. The van der Waals surface area contributed by atoms with Gasteiger partial charge in [0, 0.05) is 18.3 Å². The van der Waals surface area contributed by atoms with Crippen LogP contribution in [0.25, 0.3) is 38.4 Å². The number of fused-ring (bicyclic) bond motifs is 3. The van der Waals surface area contributed by atoms with Crippen molar-refractivity contribution in [3.05, 3.63) is 115 Å². The molecule has 0 aliphatic heterocycles. The van der Waals surface area contributed by atoms with Crippen molar-refractivity contribution in [2.75, 3.05) is 5.32 Å². The van der Waals surface area contributed by atoms with Gasteiger partial charge in [-0.25, -0.2) is 4.98 Å². The molecule has 0 unspecified atom stereocenters. The normalized spacial score (nSPS) is 11.4. The number of nitrogens with zero attached hydrogens (tertiary/aromatic N) is 2. The van der Waals surface area contributed by atoms with Crippen LogP contribution in [0.3, 0.4) is 0 Å². The van der Waals surface area contributed by atoms with Crippen LogP contribution in [0.1, 0.15) is 5.56 Å². The highest BCUT2D eigenvalue weighted by molar-refractivity contribution is 6.13. The summed E-state index contributed by atoms with van der Waals surface area (Å²) in [6.07, 6.45) is 2.08. The van der Waals surface area contributed by atoms with Gasteiger partial charge in [0.25, 0.3) is 0 Å². The van der Waals surface area contributed by atoms with E-state index in [4.69, 9.17) is 4.98 Å². The molecule has 6 rings (SSSR count). The van der Waals surface area contributed by atoms with Gasteiger partial charge in [-0.2, -0.15) is 0 Å². The molecule has 6 aromatic rings. The first-order valence-corrected chi connectivity index (χ1v) is 10.5. The molecule has 31 heavy (non-hydrogen) atoms. The number of imidazole rings is 1. The Morgan fingerprint density at radius 3 is 2.06 bits per heavy atom. The fourth-order valence-electron chi connectivity index (χ4n) is 4.39. The number of anilines is 1. The smallest absolute Gasteiger partial charge is 0.139 e. The molecular weight excluding hydrogens is 378 g/mol. The van der Waals surface area contributed by atoms with Gasteiger partial charge in [-0.15, -0.1) is 0 Å². The first-order chi connectivity index (χ1) is 15.4. The van der Waals surface area contributed by atoms with Crippen LogP contribution in [0.5, 0.6) is 0 Å². The van der Waals surface area contributed by atoms with Crippen molar-refractivity contribution in [2.45, 2.75) is 6.54 Å². The van der Waals surface area contributed by atoms with Gasteiger partial charge in [-0.3, -0.25) is 4.40 Å². The second-order valence-electron chi connectivity index (χ2n) is 7.77. The first-order valence-electron chi connectivity index (χ1n) is 10.5. The average Bonchev–Trinajstić information content (AvgIpc) is 3.20. The van der Waals surface area contributed by atoms with Crippen LogP contribution < -0.4 is 5.32 Å². The summed E-state index contributed by atoms with van der Waals surface area (Å²) in [6, 6.07) is 36.0. The third kappa shape index (κ3) is 3.03. The zero-order valence-corrected chi connectivity index (χ0v) is 17.0. The Balaban J connectivity index is 1.63. The molecule has 148 valence electrons. The number of benzene rings is 4. The van der Waals surface area contributed by atoms with Gasteiger partial charge in [-0.05, 0) is 45.3 Å². The molecule has 0 amide bonds. The lowest BCUT2D eigenvalue weighted by Crippen LogP contribution is -2.03. The van der Waals surface area contributed by atoms with Gasteiger partial charge in [-0.1, -0.05) is 84.9 Å². The molecule has 3 heteroatoms. The molecule has 0 saturated heterocycles. The minimum Gasteiger partial charge on any atom is -0.365 e. The maximum absolute atomic E-state index is 5.10. The summed E-state index contributed by atoms with van der Waals surface area (Å²) in [5.74, 6) is 1.01. The van der Waals surface area contributed by atoms with Crippen LogP contribution >= 0.6 is 0 Å². The maximum Gasteiger partial charge on any atom is 0.139 e. The van der Waals surface area contributed by atoms with Gasteiger partial charge in [0.2, 0.25) is 0 Å². The zero-order valence-electron chi connectivity index (χ0n) is 17.0. The lowest BCUT2D eigenvalue weighted by Gasteiger charge is -2.13. The van der Waals surface area contributed by atoms with Crippen molar-refractivity contribution in [2.24, 2.45) is 0 Å². The SMILES string of the molecule is c1ccc(CNc2c(-c3c4ccccc4cc4ccccc34)nc3ccccn23)cc1. The molecule has 2 heterocycles. The highest BCUT2D eigenvalue weighted by Crippen LogP contribution is 2.39. The molecule has 1 N–H and O–H groups in total. The van der Waals surface area contributed by atoms with E-state index in [1.54, 1.807) is 0 Å². The lowest BCUT2D eigenvalue weighted by atomic mass is 9.95. The van der Waals surface area contributed by atoms with Crippen molar-refractivity contribution in [3.63, 3.8) is 0 Å². The lowest BCUT2D eigenvalue weighted by molar-refractivity contribution is 1.08. The van der Waals surface area contributed by atoms with Crippen molar-refractivity contribution in [3.8, 4) is 11.3 Å². The summed E-state index contributed by atoms with van der Waals surface area (Å²) in [7, 11) is 0. The van der Waals surface area contributed by atoms with Crippen molar-refractivity contribution in [1.29, 1.82) is 0 Å². The monoisotopic (exact) mass is 399 g/mol. The number of pyridine rings is 1. The predicted molar refractivity (Wildman–Crippen MR) is 129 cm³/mol. The largest absolute Gasteiger partial charge is 0.365 e. The summed E-state index contributed by atoms with van der Waals surface area (Å²) in [5, 5.41) is 8.56. The number of rotatable bonds is 4. The summed E-state index contributed by atoms with van der Waals surface area (Å²) >= 11 is 0. The van der Waals surface area contributed by atoms with Gasteiger partial charge in [0.1, 0.15) is 17.2 Å². The number of hydrogen-bond acceptors (Lipinski definition) is 2. The van der Waals surface area contributed by atoms with E-state index in [0.29, 0.717) is 0 Å². The van der Waals surface area contributed by atoms with Crippen molar-refractivity contribution < 1.29 is 0 Å². The van der Waals surface area contributed by atoms with Crippen LogP contribution in [-0.2, 0) is 6.54 Å². The van der Waals surface area contributed by atoms with E-state index in [1.807, 2.05) is 18.2 Å². The van der Waals surface area contributed by atoms with Gasteiger partial charge in [0.15, 0.2) is 0 Å². The minimum absolute atomic E-state index is 0.735. The number of hydrogen-bond donors (Lipinski definition) is 1. The Kier molecular flexibility index (Phi) is 4.17. The van der Waals surface area contributed by atoms with Gasteiger partial charge >= 0.3 is 0 Å². The second kappa shape index (κ2) is 7.29. The van der Waals surface area contributed by atoms with E-state index in [0.717, 1.165) is 23.7 Å². The number of nitrogens with one attached hydrogen (secondary N) is 1. The molecule has 0 saturated carbocycles. The van der Waals surface area contributed by atoms with Crippen molar-refractivity contribution >= 4 is 33.0 Å². The molecule has 3 nitrogen and oxygen atoms in total. The second-order valence-corrected chi connectivity index (χ2v) is 7.77. The Bertz CT molecular complexity index is 1480. The zero-order chi connectivity index (χ0) is 20.6. The highest BCUT2D eigenvalue weighted by atomic mass is 15.1. The average molecular weight is 399 g/mol. The van der Waals surface area contributed by atoms with Crippen LogP contribution in [-0.4, -0.2) is 9.38 Å². The fourth-order valence-corrected chi connectivity index (χ4v) is 4.39. The van der Waals surface area contributed by atoms with E-state index in [-0.39, 0.29) is 0 Å². The highest BCUT2D eigenvalue weighted by Gasteiger charge is 2.18. The quantitative estimate of drug-likeness (QED) is 0.326. The Labute approximate surface area is 180 Å². The van der Waals surface area contributed by atoms with Gasteiger partial charge < -0.3 is 5.32 Å². The molecule has 4 aromatic carbocycles. The first kappa shape index (κ1) is 17.7. The molecule has 0 spiro atoms. The molecule has 0 aliphatic rings. The molecule has 2 aromatic heterocycles. The molecule has 0 fully saturated rings. The molecule has 0 aliphatic carbocycles. The minimum atomic E-state index is 0.735. The summed E-state index contributed by atoms with van der Waals surface area (Å²) in [5.41, 5.74) is 4.33. The standard InChI is InChI=1S/C28H21N3/c1-2-10-20(11-3-1)19-29-28-27(30-25-16-8-9-17-31(25)28)26-23-14-6-4-12-21(23)18-22-13-5-7-15-24(22)26/h1-18,29H,19H2. The summed E-state index contributed by atoms with van der Waals surface area (Å²) in [4.78, 5) is 5.10. The third-order valence-electron chi connectivity index (χ3n) is 5.84. The number of aromatic nitrogens is 2. The van der Waals surface area contributed by atoms with E-state index >= 15 is 0 Å². The molecule has 0 atom stereocenters. The summed E-state index contributed by atoms with van der Waals surface area (Å²) < 4.78 is 2.15. The Morgan fingerprint density at radius 1 is 0.677 bits per heavy atom. The van der Waals surface area contributed by atoms with E-state index < -0.39 is 0 Å². The van der Waals surface area contributed by atoms with Crippen LogP contribution in [0.15, 0.2) is 109 Å². The Morgan fingerprint density at radius 2 is 1.32 bits per heavy atom. The van der Waals surface area contributed by atoms with Gasteiger partial charge in [0.05, 0.1) is 0 Å². The predicted octanol–water partition coefficient (Wildman–Crippen LogP) is 6.92. The fraction of sp³-hybridized carbons (Fsp3) is 0.0357. The van der Waals surface area contributed by atoms with Crippen molar-refractivity contribution in [1.82, 2.24) is 9.38 Å². The topological polar surface area (TPSA) is 29.3 Å². The van der Waals surface area contributed by atoms with Crippen LogP contribution in [0, 0.1) is 0 Å².